The fraction of sp³-hybridized carbons (Fsp3) is 0.118. The highest BCUT2D eigenvalue weighted by molar-refractivity contribution is 6.35. The highest BCUT2D eigenvalue weighted by Crippen LogP contribution is 2.28. The van der Waals surface area contributed by atoms with E-state index < -0.39 is 0 Å². The second kappa shape index (κ2) is 5.92. The smallest absolute Gasteiger partial charge is 0.111 e. The molecule has 1 heterocycles. The number of nitrogens with one attached hydrogen (secondary N) is 1. The van der Waals surface area contributed by atoms with Crippen LogP contribution in [0.15, 0.2) is 48.5 Å². The number of hydrogen-bond acceptors (Lipinski definition) is 1. The van der Waals surface area contributed by atoms with Crippen molar-refractivity contribution in [2.24, 2.45) is 0 Å². The number of imidazole rings is 1. The van der Waals surface area contributed by atoms with Crippen LogP contribution in [0.4, 0.5) is 0 Å². The molecule has 4 heteroatoms. The molecule has 2 nitrogen and oxygen atoms in total. The maximum Gasteiger partial charge on any atom is 0.111 e. The molecule has 0 aliphatic rings. The highest BCUT2D eigenvalue weighted by Gasteiger charge is 2.11. The normalized spacial score (nSPS) is 10.8. The molecular weight excluding hydrogens is 303 g/mol. The first kappa shape index (κ1) is 14.2. The van der Waals surface area contributed by atoms with Crippen molar-refractivity contribution in [2.75, 3.05) is 0 Å². The summed E-state index contributed by atoms with van der Waals surface area (Å²) in [6.07, 6.45) is 0.774. The fourth-order valence-electron chi connectivity index (χ4n) is 2.37. The van der Waals surface area contributed by atoms with Gasteiger partial charge in [0.15, 0.2) is 0 Å². The SMILES string of the molecule is Cc1[nH]c(Cc2ccccc2)nc1-c1cc(Cl)cc(Cl)c1. The Kier molecular flexibility index (Phi) is 4.00. The molecule has 106 valence electrons. The molecule has 3 aromatic rings. The fourth-order valence-corrected chi connectivity index (χ4v) is 2.89. The summed E-state index contributed by atoms with van der Waals surface area (Å²) >= 11 is 12.1. The molecule has 0 unspecified atom stereocenters. The van der Waals surface area contributed by atoms with E-state index in [1.165, 1.54) is 5.56 Å². The van der Waals surface area contributed by atoms with E-state index in [9.17, 15) is 0 Å². The van der Waals surface area contributed by atoms with Gasteiger partial charge in [-0.1, -0.05) is 53.5 Å². The molecule has 0 bridgehead atoms. The van der Waals surface area contributed by atoms with Gasteiger partial charge in [0.1, 0.15) is 5.82 Å². The van der Waals surface area contributed by atoms with Crippen LogP contribution in [0.5, 0.6) is 0 Å². The van der Waals surface area contributed by atoms with Crippen molar-refractivity contribution in [2.45, 2.75) is 13.3 Å². The summed E-state index contributed by atoms with van der Waals surface area (Å²) in [5, 5.41) is 1.23. The zero-order valence-electron chi connectivity index (χ0n) is 11.5. The minimum atomic E-state index is 0.615. The molecular formula is C17H14Cl2N2. The van der Waals surface area contributed by atoms with Gasteiger partial charge in [0, 0.05) is 27.7 Å². The minimum Gasteiger partial charge on any atom is -0.345 e. The lowest BCUT2D eigenvalue weighted by Gasteiger charge is -2.01. The van der Waals surface area contributed by atoms with Crippen molar-refractivity contribution < 1.29 is 0 Å². The standard InChI is InChI=1S/C17H14Cl2N2/c1-11-17(13-8-14(18)10-15(19)9-13)21-16(20-11)7-12-5-3-2-4-6-12/h2-6,8-10H,7H2,1H3,(H,20,21). The van der Waals surface area contributed by atoms with Gasteiger partial charge in [0.2, 0.25) is 0 Å². The average Bonchev–Trinajstić information content (AvgIpc) is 2.79. The summed E-state index contributed by atoms with van der Waals surface area (Å²) < 4.78 is 0. The van der Waals surface area contributed by atoms with Crippen LogP contribution < -0.4 is 0 Å². The molecule has 0 atom stereocenters. The number of aryl methyl sites for hydroxylation is 1. The Balaban J connectivity index is 1.94. The average molecular weight is 317 g/mol. The van der Waals surface area contributed by atoms with E-state index in [1.54, 1.807) is 6.07 Å². The van der Waals surface area contributed by atoms with Crippen LogP contribution in [-0.4, -0.2) is 9.97 Å². The summed E-state index contributed by atoms with van der Waals surface area (Å²) in [6, 6.07) is 15.7. The summed E-state index contributed by atoms with van der Waals surface area (Å²) in [5.74, 6) is 0.935. The van der Waals surface area contributed by atoms with E-state index in [0.29, 0.717) is 10.0 Å². The van der Waals surface area contributed by atoms with Crippen LogP contribution in [0, 0.1) is 6.92 Å². The van der Waals surface area contributed by atoms with Gasteiger partial charge in [-0.15, -0.1) is 0 Å². The first-order valence-electron chi connectivity index (χ1n) is 6.68. The van der Waals surface area contributed by atoms with Gasteiger partial charge in [0.05, 0.1) is 5.69 Å². The maximum absolute atomic E-state index is 6.07. The van der Waals surface area contributed by atoms with E-state index in [2.05, 4.69) is 22.1 Å². The second-order valence-electron chi connectivity index (χ2n) is 4.98. The van der Waals surface area contributed by atoms with Crippen LogP contribution in [0.2, 0.25) is 10.0 Å². The van der Waals surface area contributed by atoms with Crippen molar-refractivity contribution >= 4 is 23.2 Å². The van der Waals surface area contributed by atoms with Crippen molar-refractivity contribution in [3.05, 3.63) is 75.7 Å². The predicted molar refractivity (Wildman–Crippen MR) is 88.0 cm³/mol. The van der Waals surface area contributed by atoms with Crippen LogP contribution >= 0.6 is 23.2 Å². The molecule has 0 aliphatic carbocycles. The maximum atomic E-state index is 6.07. The molecule has 21 heavy (non-hydrogen) atoms. The van der Waals surface area contributed by atoms with E-state index in [1.807, 2.05) is 37.3 Å². The Bertz CT molecular complexity index is 743. The number of aromatic amines is 1. The lowest BCUT2D eigenvalue weighted by molar-refractivity contribution is 1.02. The minimum absolute atomic E-state index is 0.615. The van der Waals surface area contributed by atoms with Gasteiger partial charge < -0.3 is 4.98 Å². The molecule has 0 amide bonds. The number of aromatic nitrogens is 2. The van der Waals surface area contributed by atoms with Crippen LogP contribution in [0.1, 0.15) is 17.1 Å². The Hall–Kier alpha value is -1.77. The number of rotatable bonds is 3. The first-order valence-corrected chi connectivity index (χ1v) is 7.43. The highest BCUT2D eigenvalue weighted by atomic mass is 35.5. The quantitative estimate of drug-likeness (QED) is 0.699. The second-order valence-corrected chi connectivity index (χ2v) is 5.85. The summed E-state index contributed by atoms with van der Waals surface area (Å²) in [5.41, 5.74) is 4.06. The van der Waals surface area contributed by atoms with Gasteiger partial charge >= 0.3 is 0 Å². The summed E-state index contributed by atoms with van der Waals surface area (Å²) in [7, 11) is 0. The first-order chi connectivity index (χ1) is 10.1. The zero-order valence-corrected chi connectivity index (χ0v) is 13.0. The van der Waals surface area contributed by atoms with E-state index in [-0.39, 0.29) is 0 Å². The number of benzene rings is 2. The van der Waals surface area contributed by atoms with E-state index >= 15 is 0 Å². The van der Waals surface area contributed by atoms with Crippen LogP contribution in [0.25, 0.3) is 11.3 Å². The largest absolute Gasteiger partial charge is 0.345 e. The molecule has 2 aromatic carbocycles. The topological polar surface area (TPSA) is 28.7 Å². The lowest BCUT2D eigenvalue weighted by Crippen LogP contribution is -1.90. The summed E-state index contributed by atoms with van der Waals surface area (Å²) in [4.78, 5) is 8.02. The van der Waals surface area contributed by atoms with Crippen molar-refractivity contribution in [1.29, 1.82) is 0 Å². The van der Waals surface area contributed by atoms with Crippen LogP contribution in [0.3, 0.4) is 0 Å². The number of halogens is 2. The molecule has 3 rings (SSSR count). The monoisotopic (exact) mass is 316 g/mol. The Morgan fingerprint density at radius 3 is 2.33 bits per heavy atom. The molecule has 0 saturated carbocycles. The molecule has 0 radical (unpaired) electrons. The van der Waals surface area contributed by atoms with E-state index in [0.717, 1.165) is 29.2 Å². The zero-order chi connectivity index (χ0) is 14.8. The van der Waals surface area contributed by atoms with E-state index in [4.69, 9.17) is 23.2 Å². The number of H-pyrrole nitrogens is 1. The van der Waals surface area contributed by atoms with Crippen molar-refractivity contribution in [1.82, 2.24) is 9.97 Å². The Morgan fingerprint density at radius 1 is 1.00 bits per heavy atom. The number of nitrogens with zero attached hydrogens (tertiary/aromatic N) is 1. The molecule has 0 fully saturated rings. The third kappa shape index (κ3) is 3.29. The van der Waals surface area contributed by atoms with Crippen molar-refractivity contribution in [3.8, 4) is 11.3 Å². The van der Waals surface area contributed by atoms with Gasteiger partial charge in [-0.05, 0) is 30.7 Å². The lowest BCUT2D eigenvalue weighted by atomic mass is 10.1. The van der Waals surface area contributed by atoms with Gasteiger partial charge in [-0.25, -0.2) is 4.98 Å². The third-order valence-electron chi connectivity index (χ3n) is 3.28. The molecule has 1 N–H and O–H groups in total. The summed E-state index contributed by atoms with van der Waals surface area (Å²) in [6.45, 7) is 2.01. The van der Waals surface area contributed by atoms with Crippen LogP contribution in [-0.2, 0) is 6.42 Å². The Morgan fingerprint density at radius 2 is 1.67 bits per heavy atom. The van der Waals surface area contributed by atoms with Gasteiger partial charge in [0.25, 0.3) is 0 Å². The van der Waals surface area contributed by atoms with Crippen molar-refractivity contribution in [3.63, 3.8) is 0 Å². The molecule has 0 spiro atoms. The Labute approximate surface area is 133 Å². The van der Waals surface area contributed by atoms with Gasteiger partial charge in [-0.2, -0.15) is 0 Å². The molecule has 0 aliphatic heterocycles. The van der Waals surface area contributed by atoms with Gasteiger partial charge in [-0.3, -0.25) is 0 Å². The molecule has 1 aromatic heterocycles. The number of hydrogen-bond donors (Lipinski definition) is 1. The third-order valence-corrected chi connectivity index (χ3v) is 3.72. The molecule has 0 saturated heterocycles. The predicted octanol–water partition coefficient (Wildman–Crippen LogP) is 5.28.